The molecule has 0 fully saturated rings. The van der Waals surface area contributed by atoms with Crippen LogP contribution >= 0.6 is 11.6 Å². The first-order valence-electron chi connectivity index (χ1n) is 12.8. The number of hydrogen-bond acceptors (Lipinski definition) is 7. The van der Waals surface area contributed by atoms with Crippen molar-refractivity contribution in [3.05, 3.63) is 71.8 Å². The Morgan fingerprint density at radius 1 is 0.707 bits per heavy atom. The van der Waals surface area contributed by atoms with E-state index in [0.29, 0.717) is 16.3 Å². The Hall–Kier alpha value is -5.35. The maximum Gasteiger partial charge on any atom is 0.332 e. The normalized spacial score (nSPS) is 12.1. The fourth-order valence-electron chi connectivity index (χ4n) is 5.94. The van der Waals surface area contributed by atoms with Crippen LogP contribution in [0.1, 0.15) is 6.92 Å². The summed E-state index contributed by atoms with van der Waals surface area (Å²) in [4.78, 5) is 0. The molecule has 11 heteroatoms. The lowest BCUT2D eigenvalue weighted by Gasteiger charge is -2.14. The summed E-state index contributed by atoms with van der Waals surface area (Å²) in [5.74, 6) is -1.22. The van der Waals surface area contributed by atoms with Crippen LogP contribution in [0.4, 0.5) is 0 Å². The summed E-state index contributed by atoms with van der Waals surface area (Å²) < 4.78 is 10.2. The standard InChI is InChI=1S/C30H20ClN5O5/c1-2-34-19-6-4-3-5-17(19)18-13-16(11-12-20(18)34)35-26(37)21-22(27(35)38)24-23(21)28(39)36(29(24)40)30-33-32-25(41-30)14-7-9-15(31)10-8-14/h3-13,37-40H,2H2,1H3. The second-order valence-corrected chi connectivity index (χ2v) is 10.3. The van der Waals surface area contributed by atoms with E-state index in [2.05, 4.69) is 27.8 Å². The lowest BCUT2D eigenvalue weighted by atomic mass is 9.86. The number of aryl methyl sites for hydroxylation is 1. The van der Waals surface area contributed by atoms with Crippen molar-refractivity contribution >= 4 is 33.4 Å². The molecule has 4 heterocycles. The van der Waals surface area contributed by atoms with Gasteiger partial charge in [0, 0.05) is 38.9 Å². The van der Waals surface area contributed by atoms with Crippen molar-refractivity contribution in [3.63, 3.8) is 0 Å². The van der Waals surface area contributed by atoms with Gasteiger partial charge in [0.15, 0.2) is 0 Å². The summed E-state index contributed by atoms with van der Waals surface area (Å²) in [7, 11) is 0. The Kier molecular flexibility index (Phi) is 4.64. The van der Waals surface area contributed by atoms with Crippen LogP contribution in [0.15, 0.2) is 71.1 Å². The van der Waals surface area contributed by atoms with Crippen molar-refractivity contribution < 1.29 is 24.8 Å². The van der Waals surface area contributed by atoms with Crippen LogP contribution < -0.4 is 0 Å². The minimum atomic E-state index is -0.412. The van der Waals surface area contributed by atoms with Gasteiger partial charge in [-0.3, -0.25) is 4.57 Å². The van der Waals surface area contributed by atoms with Crippen LogP contribution in [0.3, 0.4) is 0 Å². The SMILES string of the molecule is CCn1c2ccccc2c2cc(-n3c(O)c4c(c3O)-c3c-4c(O)n(-c4nnc(-c5ccc(Cl)cc5)o4)c3O)ccc21. The zero-order valence-electron chi connectivity index (χ0n) is 21.4. The van der Waals surface area contributed by atoms with Gasteiger partial charge in [0.05, 0.1) is 27.9 Å². The molecule has 0 bridgehead atoms. The van der Waals surface area contributed by atoms with Crippen LogP contribution in [0.25, 0.3) is 67.2 Å². The Balaban J connectivity index is 1.24. The summed E-state index contributed by atoms with van der Waals surface area (Å²) in [6, 6.07) is 20.3. The third-order valence-corrected chi connectivity index (χ3v) is 8.02. The van der Waals surface area contributed by atoms with Crippen molar-refractivity contribution in [1.29, 1.82) is 0 Å². The topological polar surface area (TPSA) is 135 Å². The number of nitrogens with zero attached hydrogens (tertiary/aromatic N) is 5. The maximum absolute atomic E-state index is 11.3. The highest BCUT2D eigenvalue weighted by Crippen LogP contribution is 2.66. The minimum absolute atomic E-state index is 0.154. The second-order valence-electron chi connectivity index (χ2n) is 9.82. The molecule has 7 aromatic rings. The molecular formula is C30H20ClN5O5. The highest BCUT2D eigenvalue weighted by molar-refractivity contribution is 6.30. The van der Waals surface area contributed by atoms with E-state index in [1.807, 2.05) is 36.4 Å². The van der Waals surface area contributed by atoms with Gasteiger partial charge < -0.3 is 29.4 Å². The van der Waals surface area contributed by atoms with Crippen LogP contribution in [-0.2, 0) is 6.54 Å². The van der Waals surface area contributed by atoms with E-state index >= 15 is 0 Å². The largest absolute Gasteiger partial charge is 0.494 e. The van der Waals surface area contributed by atoms with Crippen molar-refractivity contribution in [2.45, 2.75) is 13.5 Å². The first kappa shape index (κ1) is 23.5. The molecule has 4 N–H and O–H groups in total. The van der Waals surface area contributed by atoms with Crippen LogP contribution in [0.5, 0.6) is 23.5 Å². The van der Waals surface area contributed by atoms with Crippen molar-refractivity contribution in [2.24, 2.45) is 0 Å². The lowest BCUT2D eigenvalue weighted by Crippen LogP contribution is -1.95. The van der Waals surface area contributed by atoms with Crippen molar-refractivity contribution in [3.8, 4) is 68.9 Å². The molecule has 1 aliphatic rings. The molecule has 0 unspecified atom stereocenters. The highest BCUT2D eigenvalue weighted by Gasteiger charge is 2.44. The van der Waals surface area contributed by atoms with Gasteiger partial charge in [-0.1, -0.05) is 34.9 Å². The monoisotopic (exact) mass is 565 g/mol. The Morgan fingerprint density at radius 3 is 1.98 bits per heavy atom. The smallest absolute Gasteiger partial charge is 0.332 e. The fraction of sp³-hybridized carbons (Fsp3) is 0.0667. The lowest BCUT2D eigenvalue weighted by molar-refractivity contribution is 0.381. The summed E-state index contributed by atoms with van der Waals surface area (Å²) in [5.41, 5.74) is 3.99. The van der Waals surface area contributed by atoms with Gasteiger partial charge in [0.1, 0.15) is 0 Å². The predicted molar refractivity (Wildman–Crippen MR) is 153 cm³/mol. The molecule has 0 atom stereocenters. The molecule has 4 aromatic heterocycles. The zero-order chi connectivity index (χ0) is 28.2. The number of halogens is 1. The van der Waals surface area contributed by atoms with E-state index in [1.54, 1.807) is 24.3 Å². The average molecular weight is 566 g/mol. The molecular weight excluding hydrogens is 546 g/mol. The molecule has 41 heavy (non-hydrogen) atoms. The first-order chi connectivity index (χ1) is 19.9. The number of aromatic nitrogens is 5. The summed E-state index contributed by atoms with van der Waals surface area (Å²) in [6.45, 7) is 2.87. The minimum Gasteiger partial charge on any atom is -0.494 e. The number of rotatable bonds is 4. The Morgan fingerprint density at radius 2 is 1.32 bits per heavy atom. The van der Waals surface area contributed by atoms with E-state index in [4.69, 9.17) is 16.0 Å². The predicted octanol–water partition coefficient (Wildman–Crippen LogP) is 6.57. The second kappa shape index (κ2) is 8.09. The fourth-order valence-corrected chi connectivity index (χ4v) is 6.07. The van der Waals surface area contributed by atoms with Gasteiger partial charge >= 0.3 is 6.01 Å². The zero-order valence-corrected chi connectivity index (χ0v) is 22.1. The molecule has 0 saturated carbocycles. The molecule has 202 valence electrons. The average Bonchev–Trinajstić information content (AvgIpc) is 3.65. The molecule has 1 aliphatic carbocycles. The van der Waals surface area contributed by atoms with E-state index in [0.717, 1.165) is 32.9 Å². The van der Waals surface area contributed by atoms with E-state index in [-0.39, 0.29) is 45.9 Å². The van der Waals surface area contributed by atoms with Gasteiger partial charge in [-0.2, -0.15) is 0 Å². The molecule has 0 amide bonds. The maximum atomic E-state index is 11.3. The number of benzene rings is 3. The number of aromatic hydroxyl groups is 4. The van der Waals surface area contributed by atoms with Crippen molar-refractivity contribution in [2.75, 3.05) is 0 Å². The van der Waals surface area contributed by atoms with Gasteiger partial charge in [-0.05, 0) is 55.5 Å². The Bertz CT molecular complexity index is 2150. The number of fused-ring (bicyclic) bond motifs is 7. The molecule has 0 spiro atoms. The van der Waals surface area contributed by atoms with E-state index in [9.17, 15) is 20.4 Å². The van der Waals surface area contributed by atoms with Crippen LogP contribution in [-0.4, -0.2) is 44.3 Å². The van der Waals surface area contributed by atoms with Crippen molar-refractivity contribution in [1.82, 2.24) is 23.9 Å². The highest BCUT2D eigenvalue weighted by atomic mass is 35.5. The third kappa shape index (κ3) is 2.96. The molecule has 0 aliphatic heterocycles. The molecule has 0 saturated heterocycles. The van der Waals surface area contributed by atoms with Gasteiger partial charge in [0.2, 0.25) is 29.4 Å². The third-order valence-electron chi connectivity index (χ3n) is 7.77. The first-order valence-corrected chi connectivity index (χ1v) is 13.2. The summed E-state index contributed by atoms with van der Waals surface area (Å²) in [6.07, 6.45) is 0. The molecule has 10 nitrogen and oxygen atoms in total. The number of hydrogen-bond donors (Lipinski definition) is 4. The molecule has 3 aromatic carbocycles. The Labute approximate surface area is 236 Å². The molecule has 8 rings (SSSR count). The van der Waals surface area contributed by atoms with E-state index in [1.165, 1.54) is 4.57 Å². The van der Waals surface area contributed by atoms with E-state index < -0.39 is 11.8 Å². The summed E-state index contributed by atoms with van der Waals surface area (Å²) in [5, 5.41) is 55.3. The van der Waals surface area contributed by atoms with Crippen LogP contribution in [0, 0.1) is 0 Å². The van der Waals surface area contributed by atoms with Gasteiger partial charge in [-0.25, -0.2) is 4.57 Å². The quantitative estimate of drug-likeness (QED) is 0.189. The summed E-state index contributed by atoms with van der Waals surface area (Å²) >= 11 is 5.95. The molecule has 0 radical (unpaired) electrons. The van der Waals surface area contributed by atoms with Crippen LogP contribution in [0.2, 0.25) is 5.02 Å². The van der Waals surface area contributed by atoms with Gasteiger partial charge in [0.25, 0.3) is 0 Å². The van der Waals surface area contributed by atoms with Gasteiger partial charge in [-0.15, -0.1) is 5.10 Å². The number of para-hydroxylation sites is 1.